The van der Waals surface area contributed by atoms with Gasteiger partial charge >= 0.3 is 5.97 Å². The predicted molar refractivity (Wildman–Crippen MR) is 67.3 cm³/mol. The van der Waals surface area contributed by atoms with Crippen molar-refractivity contribution in [2.75, 3.05) is 7.05 Å². The molecular weight excluding hydrogens is 214 g/mol. The molecule has 0 unspecified atom stereocenters. The minimum Gasteiger partial charge on any atom is -0.480 e. The Morgan fingerprint density at radius 1 is 1.41 bits per heavy atom. The lowest BCUT2D eigenvalue weighted by Gasteiger charge is -2.21. The maximum Gasteiger partial charge on any atom is 0.321 e. The van der Waals surface area contributed by atoms with Crippen molar-refractivity contribution in [2.45, 2.75) is 38.1 Å². The molecule has 0 heterocycles. The summed E-state index contributed by atoms with van der Waals surface area (Å²) in [6.07, 6.45) is 5.29. The maximum atomic E-state index is 11.0. The SMILES string of the molecule is CN[C@@H](Cc1cccc2c1CCCC2)C(=O)O. The van der Waals surface area contributed by atoms with Crippen LogP contribution in [0.1, 0.15) is 29.5 Å². The summed E-state index contributed by atoms with van der Waals surface area (Å²) in [5, 5.41) is 11.9. The molecular formula is C14H19NO2. The molecule has 1 aromatic rings. The van der Waals surface area contributed by atoms with Crippen molar-refractivity contribution in [1.82, 2.24) is 5.32 Å². The first kappa shape index (κ1) is 12.1. The van der Waals surface area contributed by atoms with Gasteiger partial charge in [0.05, 0.1) is 0 Å². The van der Waals surface area contributed by atoms with E-state index in [-0.39, 0.29) is 0 Å². The highest BCUT2D eigenvalue weighted by atomic mass is 16.4. The number of fused-ring (bicyclic) bond motifs is 1. The fraction of sp³-hybridized carbons (Fsp3) is 0.500. The van der Waals surface area contributed by atoms with Gasteiger partial charge in [0.1, 0.15) is 6.04 Å². The molecule has 92 valence electrons. The van der Waals surface area contributed by atoms with E-state index in [9.17, 15) is 4.79 Å². The Morgan fingerprint density at radius 2 is 2.18 bits per heavy atom. The first-order valence-electron chi connectivity index (χ1n) is 6.22. The summed E-state index contributed by atoms with van der Waals surface area (Å²) in [5.74, 6) is -0.777. The lowest BCUT2D eigenvalue weighted by atomic mass is 9.86. The van der Waals surface area contributed by atoms with Crippen molar-refractivity contribution < 1.29 is 9.90 Å². The zero-order valence-electron chi connectivity index (χ0n) is 10.2. The van der Waals surface area contributed by atoms with E-state index in [1.807, 2.05) is 6.07 Å². The molecule has 3 nitrogen and oxygen atoms in total. The summed E-state index contributed by atoms with van der Waals surface area (Å²) >= 11 is 0. The number of nitrogens with one attached hydrogen (secondary N) is 1. The minimum absolute atomic E-state index is 0.483. The van der Waals surface area contributed by atoms with Gasteiger partial charge in [-0.3, -0.25) is 4.79 Å². The molecule has 1 aliphatic rings. The number of carbonyl (C=O) groups is 1. The van der Waals surface area contributed by atoms with Crippen LogP contribution >= 0.6 is 0 Å². The van der Waals surface area contributed by atoms with Crippen LogP contribution in [0.5, 0.6) is 0 Å². The molecule has 0 radical (unpaired) electrons. The quantitative estimate of drug-likeness (QED) is 0.833. The van der Waals surface area contributed by atoms with E-state index in [1.165, 1.54) is 29.5 Å². The van der Waals surface area contributed by atoms with Crippen molar-refractivity contribution in [3.63, 3.8) is 0 Å². The third-order valence-electron chi connectivity index (χ3n) is 3.56. The Morgan fingerprint density at radius 3 is 2.88 bits per heavy atom. The molecule has 0 fully saturated rings. The Labute approximate surface area is 102 Å². The summed E-state index contributed by atoms with van der Waals surface area (Å²) in [5.41, 5.74) is 4.00. The molecule has 1 aromatic carbocycles. The second-order valence-corrected chi connectivity index (χ2v) is 4.65. The number of carboxylic acids is 1. The molecule has 0 aromatic heterocycles. The molecule has 0 saturated heterocycles. The van der Waals surface area contributed by atoms with Crippen LogP contribution in [0.3, 0.4) is 0 Å². The van der Waals surface area contributed by atoms with Crippen molar-refractivity contribution >= 4 is 5.97 Å². The lowest BCUT2D eigenvalue weighted by Crippen LogP contribution is -2.36. The third-order valence-corrected chi connectivity index (χ3v) is 3.56. The number of aryl methyl sites for hydroxylation is 1. The summed E-state index contributed by atoms with van der Waals surface area (Å²) < 4.78 is 0. The smallest absolute Gasteiger partial charge is 0.321 e. The molecule has 2 N–H and O–H groups in total. The molecule has 0 aliphatic heterocycles. The van der Waals surface area contributed by atoms with E-state index in [0.717, 1.165) is 12.8 Å². The van der Waals surface area contributed by atoms with E-state index in [1.54, 1.807) is 7.05 Å². The second kappa shape index (κ2) is 5.32. The summed E-state index contributed by atoms with van der Waals surface area (Å²) in [6.45, 7) is 0. The van der Waals surface area contributed by atoms with Crippen LogP contribution in [-0.4, -0.2) is 24.2 Å². The van der Waals surface area contributed by atoms with E-state index < -0.39 is 12.0 Å². The van der Waals surface area contributed by atoms with Crippen LogP contribution in [0, 0.1) is 0 Å². The number of hydrogen-bond donors (Lipinski definition) is 2. The van der Waals surface area contributed by atoms with Gasteiger partial charge in [-0.2, -0.15) is 0 Å². The van der Waals surface area contributed by atoms with E-state index >= 15 is 0 Å². The lowest BCUT2D eigenvalue weighted by molar-refractivity contribution is -0.139. The van der Waals surface area contributed by atoms with Crippen molar-refractivity contribution in [3.8, 4) is 0 Å². The Kier molecular flexibility index (Phi) is 3.79. The molecule has 2 rings (SSSR count). The normalized spacial score (nSPS) is 16.3. The number of benzene rings is 1. The first-order chi connectivity index (χ1) is 8.22. The van der Waals surface area contributed by atoms with Gasteiger partial charge in [-0.25, -0.2) is 0 Å². The monoisotopic (exact) mass is 233 g/mol. The zero-order valence-corrected chi connectivity index (χ0v) is 10.2. The van der Waals surface area contributed by atoms with Gasteiger partial charge in [-0.1, -0.05) is 18.2 Å². The topological polar surface area (TPSA) is 49.3 Å². The van der Waals surface area contributed by atoms with Crippen molar-refractivity contribution in [1.29, 1.82) is 0 Å². The fourth-order valence-electron chi connectivity index (χ4n) is 2.58. The fourth-order valence-corrected chi connectivity index (χ4v) is 2.58. The van der Waals surface area contributed by atoms with Crippen molar-refractivity contribution in [2.24, 2.45) is 0 Å². The molecule has 1 atom stereocenters. The van der Waals surface area contributed by atoms with Gasteiger partial charge in [-0.05, 0) is 55.8 Å². The number of carboxylic acid groups (broad SMARTS) is 1. The predicted octanol–water partition coefficient (Wildman–Crippen LogP) is 1.78. The van der Waals surface area contributed by atoms with Gasteiger partial charge < -0.3 is 10.4 Å². The molecule has 0 amide bonds. The Balaban J connectivity index is 2.23. The molecule has 17 heavy (non-hydrogen) atoms. The van der Waals surface area contributed by atoms with Crippen LogP contribution in [0.4, 0.5) is 0 Å². The highest BCUT2D eigenvalue weighted by Gasteiger charge is 2.19. The minimum atomic E-state index is -0.777. The van der Waals surface area contributed by atoms with Gasteiger partial charge in [-0.15, -0.1) is 0 Å². The summed E-state index contributed by atoms with van der Waals surface area (Å²) in [7, 11) is 1.70. The van der Waals surface area contributed by atoms with Gasteiger partial charge in [0.15, 0.2) is 0 Å². The van der Waals surface area contributed by atoms with Gasteiger partial charge in [0.25, 0.3) is 0 Å². The molecule has 0 spiro atoms. The van der Waals surface area contributed by atoms with Crippen LogP contribution in [0.15, 0.2) is 18.2 Å². The average molecular weight is 233 g/mol. The molecule has 3 heteroatoms. The molecule has 0 bridgehead atoms. The number of likely N-dealkylation sites (N-methyl/N-ethyl adjacent to an activating group) is 1. The second-order valence-electron chi connectivity index (χ2n) is 4.65. The van der Waals surface area contributed by atoms with Crippen LogP contribution in [-0.2, 0) is 24.1 Å². The van der Waals surface area contributed by atoms with E-state index in [4.69, 9.17) is 5.11 Å². The number of aliphatic carboxylic acids is 1. The number of rotatable bonds is 4. The van der Waals surface area contributed by atoms with E-state index in [0.29, 0.717) is 6.42 Å². The standard InChI is InChI=1S/C14H19NO2/c1-15-13(14(16)17)9-11-7-4-6-10-5-2-3-8-12(10)11/h4,6-7,13,15H,2-3,5,8-9H2,1H3,(H,16,17)/t13-/m0/s1. The first-order valence-corrected chi connectivity index (χ1v) is 6.22. The third kappa shape index (κ3) is 2.67. The highest BCUT2D eigenvalue weighted by molar-refractivity contribution is 5.74. The highest BCUT2D eigenvalue weighted by Crippen LogP contribution is 2.25. The summed E-state index contributed by atoms with van der Waals surface area (Å²) in [4.78, 5) is 11.0. The molecule has 0 saturated carbocycles. The summed E-state index contributed by atoms with van der Waals surface area (Å²) in [6, 6.07) is 5.81. The van der Waals surface area contributed by atoms with Crippen molar-refractivity contribution in [3.05, 3.63) is 34.9 Å². The van der Waals surface area contributed by atoms with E-state index in [2.05, 4.69) is 17.4 Å². The Bertz CT molecular complexity index is 415. The van der Waals surface area contributed by atoms with Gasteiger partial charge in [0, 0.05) is 0 Å². The van der Waals surface area contributed by atoms with Crippen LogP contribution in [0.25, 0.3) is 0 Å². The maximum absolute atomic E-state index is 11.0. The molecule has 1 aliphatic carbocycles. The van der Waals surface area contributed by atoms with Crippen LogP contribution < -0.4 is 5.32 Å². The Hall–Kier alpha value is -1.35. The zero-order chi connectivity index (χ0) is 12.3. The van der Waals surface area contributed by atoms with Crippen LogP contribution in [0.2, 0.25) is 0 Å². The average Bonchev–Trinajstić information content (AvgIpc) is 2.35. The number of hydrogen-bond acceptors (Lipinski definition) is 2. The van der Waals surface area contributed by atoms with Gasteiger partial charge in [0.2, 0.25) is 0 Å². The largest absolute Gasteiger partial charge is 0.480 e.